The molecule has 3 aliphatic rings. The van der Waals surface area contributed by atoms with Crippen LogP contribution in [0.2, 0.25) is 0 Å². The van der Waals surface area contributed by atoms with E-state index in [1.54, 1.807) is 0 Å². The standard InChI is InChI=1S/C10H18F2.C9H16F2.C8H14F2/c1-9(2,3)8-4-6-10(11,12)7-5-8;1-8(2,3)7-4-5-9(10,11)6-7;1-7(2,3)6-4-8(9,10)5-6/h8H,4-7H2,1-3H3;7H,4-6H2,1-3H3;6H,4-5H2,1-3H3. The summed E-state index contributed by atoms with van der Waals surface area (Å²) >= 11 is 0. The SMILES string of the molecule is CC(C)(C)C1CC(F)(F)C1.CC(C)(C)C1CCC(F)(F)C1.CC(C)(C)C1CCC(F)(F)CC1. The third-order valence-corrected chi connectivity index (χ3v) is 7.89. The van der Waals surface area contributed by atoms with E-state index < -0.39 is 17.8 Å². The van der Waals surface area contributed by atoms with E-state index in [0.717, 1.165) is 0 Å². The minimum absolute atomic E-state index is 0.0555. The lowest BCUT2D eigenvalue weighted by atomic mass is 9.66. The molecule has 3 aliphatic carbocycles. The van der Waals surface area contributed by atoms with Crippen molar-refractivity contribution in [2.45, 2.75) is 138 Å². The Balaban J connectivity index is 0.000000249. The Kier molecular flexibility index (Phi) is 9.54. The zero-order valence-corrected chi connectivity index (χ0v) is 22.4. The van der Waals surface area contributed by atoms with Gasteiger partial charge in [-0.25, -0.2) is 26.3 Å². The van der Waals surface area contributed by atoms with Crippen molar-refractivity contribution in [2.75, 3.05) is 0 Å². The van der Waals surface area contributed by atoms with Crippen LogP contribution in [0.15, 0.2) is 0 Å². The fraction of sp³-hybridized carbons (Fsp3) is 1.00. The van der Waals surface area contributed by atoms with Crippen LogP contribution in [-0.2, 0) is 0 Å². The lowest BCUT2D eigenvalue weighted by Gasteiger charge is -2.43. The highest BCUT2D eigenvalue weighted by atomic mass is 19.3. The molecular weight excluding hydrogens is 438 g/mol. The van der Waals surface area contributed by atoms with Gasteiger partial charge in [-0.3, -0.25) is 0 Å². The molecular formula is C27H48F6. The van der Waals surface area contributed by atoms with E-state index in [9.17, 15) is 26.3 Å². The lowest BCUT2D eigenvalue weighted by Crippen LogP contribution is -2.42. The third kappa shape index (κ3) is 10.8. The molecule has 0 amide bonds. The van der Waals surface area contributed by atoms with Crippen molar-refractivity contribution in [3.8, 4) is 0 Å². The molecule has 3 fully saturated rings. The lowest BCUT2D eigenvalue weighted by molar-refractivity contribution is -0.138. The molecule has 0 aromatic heterocycles. The van der Waals surface area contributed by atoms with E-state index in [1.807, 2.05) is 41.5 Å². The highest BCUT2D eigenvalue weighted by molar-refractivity contribution is 4.92. The number of rotatable bonds is 0. The predicted octanol–water partition coefficient (Wildman–Crippen LogP) is 10.4. The Bertz CT molecular complexity index is 586. The van der Waals surface area contributed by atoms with Crippen molar-refractivity contribution in [1.82, 2.24) is 0 Å². The average molecular weight is 487 g/mol. The average Bonchev–Trinajstić information content (AvgIpc) is 2.92. The van der Waals surface area contributed by atoms with E-state index >= 15 is 0 Å². The Morgan fingerprint density at radius 1 is 0.424 bits per heavy atom. The fourth-order valence-electron chi connectivity index (χ4n) is 4.87. The quantitative estimate of drug-likeness (QED) is 0.299. The predicted molar refractivity (Wildman–Crippen MR) is 125 cm³/mol. The second-order valence-corrected chi connectivity index (χ2v) is 14.0. The summed E-state index contributed by atoms with van der Waals surface area (Å²) in [6.07, 6.45) is 2.63. The van der Waals surface area contributed by atoms with Crippen LogP contribution in [0.1, 0.15) is 120 Å². The van der Waals surface area contributed by atoms with Crippen LogP contribution >= 0.6 is 0 Å². The van der Waals surface area contributed by atoms with E-state index in [4.69, 9.17) is 0 Å². The minimum atomic E-state index is -2.38. The van der Waals surface area contributed by atoms with Gasteiger partial charge in [-0.1, -0.05) is 62.3 Å². The van der Waals surface area contributed by atoms with E-state index in [2.05, 4.69) is 20.8 Å². The van der Waals surface area contributed by atoms with Crippen LogP contribution in [0.4, 0.5) is 26.3 Å². The molecule has 0 spiro atoms. The third-order valence-electron chi connectivity index (χ3n) is 7.89. The maximum Gasteiger partial charge on any atom is 0.248 e. The molecule has 1 unspecified atom stereocenters. The zero-order valence-electron chi connectivity index (χ0n) is 22.4. The number of hydrogen-bond donors (Lipinski definition) is 0. The van der Waals surface area contributed by atoms with Crippen molar-refractivity contribution in [1.29, 1.82) is 0 Å². The molecule has 0 aliphatic heterocycles. The van der Waals surface area contributed by atoms with Crippen LogP contribution < -0.4 is 0 Å². The molecule has 0 saturated heterocycles. The van der Waals surface area contributed by atoms with Crippen LogP contribution in [0.3, 0.4) is 0 Å². The molecule has 0 bridgehead atoms. The molecule has 0 radical (unpaired) electrons. The van der Waals surface area contributed by atoms with E-state index in [1.165, 1.54) is 0 Å². The highest BCUT2D eigenvalue weighted by Gasteiger charge is 2.49. The number of hydrogen-bond acceptors (Lipinski definition) is 0. The molecule has 198 valence electrons. The van der Waals surface area contributed by atoms with Crippen LogP contribution in [0, 0.1) is 34.0 Å². The second kappa shape index (κ2) is 10.3. The highest BCUT2D eigenvalue weighted by Crippen LogP contribution is 2.50. The van der Waals surface area contributed by atoms with Crippen molar-refractivity contribution < 1.29 is 26.3 Å². The Labute approximate surface area is 198 Å². The topological polar surface area (TPSA) is 0 Å². The van der Waals surface area contributed by atoms with Gasteiger partial charge in [-0.2, -0.15) is 0 Å². The molecule has 0 heterocycles. The first kappa shape index (κ1) is 30.6. The van der Waals surface area contributed by atoms with Gasteiger partial charge in [0.15, 0.2) is 0 Å². The second-order valence-electron chi connectivity index (χ2n) is 14.0. The molecule has 1 atom stereocenters. The van der Waals surface area contributed by atoms with Gasteiger partial charge in [0.2, 0.25) is 17.8 Å². The van der Waals surface area contributed by atoms with Gasteiger partial charge in [-0.05, 0) is 53.3 Å². The Morgan fingerprint density at radius 2 is 0.727 bits per heavy atom. The van der Waals surface area contributed by atoms with Gasteiger partial charge < -0.3 is 0 Å². The summed E-state index contributed by atoms with van der Waals surface area (Å²) in [7, 11) is 0. The largest absolute Gasteiger partial charge is 0.248 e. The van der Waals surface area contributed by atoms with Crippen molar-refractivity contribution in [2.24, 2.45) is 34.0 Å². The minimum Gasteiger partial charge on any atom is -0.207 e. The summed E-state index contributed by atoms with van der Waals surface area (Å²) in [5.41, 5.74) is 0.331. The molecule has 0 aromatic rings. The van der Waals surface area contributed by atoms with E-state index in [0.29, 0.717) is 25.2 Å². The Morgan fingerprint density at radius 3 is 0.939 bits per heavy atom. The summed E-state index contributed by atoms with van der Waals surface area (Å²) in [5.74, 6) is -6.19. The summed E-state index contributed by atoms with van der Waals surface area (Å²) < 4.78 is 75.6. The normalized spacial score (nSPS) is 27.5. The monoisotopic (exact) mass is 486 g/mol. The van der Waals surface area contributed by atoms with Gasteiger partial charge in [0.05, 0.1) is 0 Å². The van der Waals surface area contributed by atoms with Gasteiger partial charge in [0, 0.05) is 38.5 Å². The van der Waals surface area contributed by atoms with Crippen LogP contribution in [0.25, 0.3) is 0 Å². The molecule has 0 aromatic carbocycles. The summed E-state index contributed by atoms with van der Waals surface area (Å²) in [6.45, 7) is 18.6. The maximum absolute atomic E-state index is 12.8. The molecule has 6 heteroatoms. The van der Waals surface area contributed by atoms with Gasteiger partial charge in [-0.15, -0.1) is 0 Å². The van der Waals surface area contributed by atoms with Crippen LogP contribution in [-0.4, -0.2) is 17.8 Å². The molecule has 0 N–H and O–H groups in total. The first-order chi connectivity index (χ1) is 14.4. The molecule has 0 nitrogen and oxygen atoms in total. The number of alkyl halides is 6. The fourth-order valence-corrected chi connectivity index (χ4v) is 4.87. The van der Waals surface area contributed by atoms with Gasteiger partial charge >= 0.3 is 0 Å². The van der Waals surface area contributed by atoms with Gasteiger partial charge in [0.25, 0.3) is 0 Å². The van der Waals surface area contributed by atoms with Crippen molar-refractivity contribution in [3.63, 3.8) is 0 Å². The summed E-state index contributed by atoms with van der Waals surface area (Å²) in [6, 6.07) is 0. The van der Waals surface area contributed by atoms with Crippen LogP contribution in [0.5, 0.6) is 0 Å². The van der Waals surface area contributed by atoms with Crippen molar-refractivity contribution in [3.05, 3.63) is 0 Å². The first-order valence-electron chi connectivity index (χ1n) is 12.6. The smallest absolute Gasteiger partial charge is 0.207 e. The van der Waals surface area contributed by atoms with Crippen molar-refractivity contribution >= 4 is 0 Å². The number of halogens is 6. The molecule has 33 heavy (non-hydrogen) atoms. The van der Waals surface area contributed by atoms with E-state index in [-0.39, 0.29) is 66.6 Å². The summed E-state index contributed by atoms with van der Waals surface area (Å²) in [5, 5.41) is 0. The molecule has 3 rings (SSSR count). The molecule has 3 saturated carbocycles. The first-order valence-corrected chi connectivity index (χ1v) is 12.6. The maximum atomic E-state index is 12.8. The van der Waals surface area contributed by atoms with Gasteiger partial charge in [0.1, 0.15) is 0 Å². The zero-order chi connectivity index (χ0) is 26.1. The Hall–Kier alpha value is -0.420. The summed E-state index contributed by atoms with van der Waals surface area (Å²) in [4.78, 5) is 0.